The first-order valence-corrected chi connectivity index (χ1v) is 20.3. The average Bonchev–Trinajstić information content (AvgIpc) is 3.82. The van der Waals surface area contributed by atoms with Crippen molar-refractivity contribution in [2.24, 2.45) is 0 Å². The molecule has 12 aromatic rings. The minimum Gasteiger partial charge on any atom is -0.507 e. The second-order valence-electron chi connectivity index (χ2n) is 15.6. The van der Waals surface area contributed by atoms with Gasteiger partial charge in [0, 0.05) is 43.7 Å². The fraction of sp³-hybridized carbons (Fsp3) is 0.0182. The Morgan fingerprint density at radius 2 is 1.12 bits per heavy atom. The van der Waals surface area contributed by atoms with Crippen LogP contribution in [-0.2, 0) is 0 Å². The van der Waals surface area contributed by atoms with Gasteiger partial charge in [0.05, 0.1) is 33.3 Å². The first-order valence-electron chi connectivity index (χ1n) is 20.3. The summed E-state index contributed by atoms with van der Waals surface area (Å²) in [4.78, 5) is 10.9. The number of aromatic nitrogens is 4. The summed E-state index contributed by atoms with van der Waals surface area (Å²) in [5.41, 5.74) is 13.2. The lowest BCUT2D eigenvalue weighted by Gasteiger charge is -2.14. The molecular formula is C55H36N4O. The van der Waals surface area contributed by atoms with Crippen LogP contribution in [0, 0.1) is 6.92 Å². The van der Waals surface area contributed by atoms with E-state index < -0.39 is 0 Å². The van der Waals surface area contributed by atoms with Crippen LogP contribution in [0.2, 0.25) is 0 Å². The Morgan fingerprint density at radius 1 is 0.450 bits per heavy atom. The number of rotatable bonds is 5. The van der Waals surface area contributed by atoms with Gasteiger partial charge in [-0.05, 0) is 82.4 Å². The minimum atomic E-state index is 0.242. The number of fused-ring (bicyclic) bond motifs is 9. The van der Waals surface area contributed by atoms with Crippen LogP contribution in [0.4, 0.5) is 0 Å². The zero-order valence-electron chi connectivity index (χ0n) is 32.7. The van der Waals surface area contributed by atoms with Gasteiger partial charge in [0.15, 0.2) is 0 Å². The summed E-state index contributed by atoms with van der Waals surface area (Å²) in [6.45, 7) is 2.12. The normalized spacial score (nSPS) is 11.8. The molecular weight excluding hydrogens is 733 g/mol. The van der Waals surface area contributed by atoms with E-state index >= 15 is 0 Å². The molecule has 0 bridgehead atoms. The molecule has 0 amide bonds. The SMILES string of the molecule is Cc1ccc2c(c1-c1ccccc1O)c1ccc3c(c4ccccc4n3-c3ccc4ccccc4c3)c1n2-c1nc(-c2ccc(-c3ccccc3)cc2)c2ccccc2n1. The molecule has 9 aromatic carbocycles. The predicted molar refractivity (Wildman–Crippen MR) is 248 cm³/mol. The van der Waals surface area contributed by atoms with Crippen molar-refractivity contribution in [2.45, 2.75) is 6.92 Å². The molecule has 12 rings (SSSR count). The molecule has 5 heteroatoms. The molecule has 0 spiro atoms. The van der Waals surface area contributed by atoms with Gasteiger partial charge in [-0.3, -0.25) is 4.57 Å². The van der Waals surface area contributed by atoms with Crippen molar-refractivity contribution in [3.8, 4) is 50.9 Å². The van der Waals surface area contributed by atoms with E-state index in [1.165, 1.54) is 16.3 Å². The van der Waals surface area contributed by atoms with Gasteiger partial charge < -0.3 is 9.67 Å². The zero-order valence-corrected chi connectivity index (χ0v) is 32.7. The van der Waals surface area contributed by atoms with E-state index in [9.17, 15) is 5.11 Å². The number of phenolic OH excluding ortho intramolecular Hbond substituents is 1. The maximum Gasteiger partial charge on any atom is 0.235 e. The number of nitrogens with zero attached hydrogens (tertiary/aromatic N) is 4. The summed E-state index contributed by atoms with van der Waals surface area (Å²) in [6.07, 6.45) is 0. The highest BCUT2D eigenvalue weighted by Crippen LogP contribution is 2.47. The van der Waals surface area contributed by atoms with Crippen molar-refractivity contribution < 1.29 is 5.11 Å². The van der Waals surface area contributed by atoms with Gasteiger partial charge in [-0.15, -0.1) is 0 Å². The number of phenols is 1. The fourth-order valence-electron chi connectivity index (χ4n) is 9.42. The van der Waals surface area contributed by atoms with Crippen LogP contribution in [0.3, 0.4) is 0 Å². The van der Waals surface area contributed by atoms with Gasteiger partial charge >= 0.3 is 0 Å². The first kappa shape index (κ1) is 34.1. The summed E-state index contributed by atoms with van der Waals surface area (Å²) in [6, 6.07) is 67.8. The van der Waals surface area contributed by atoms with E-state index in [1.54, 1.807) is 6.07 Å². The van der Waals surface area contributed by atoms with Crippen LogP contribution in [0.15, 0.2) is 194 Å². The molecule has 3 heterocycles. The van der Waals surface area contributed by atoms with Crippen molar-refractivity contribution in [1.82, 2.24) is 19.1 Å². The van der Waals surface area contributed by atoms with Crippen LogP contribution in [0.1, 0.15) is 5.56 Å². The van der Waals surface area contributed by atoms with E-state index in [0.29, 0.717) is 5.95 Å². The lowest BCUT2D eigenvalue weighted by Crippen LogP contribution is -2.04. The Labute approximate surface area is 345 Å². The molecule has 0 fully saturated rings. The van der Waals surface area contributed by atoms with Crippen LogP contribution >= 0.6 is 0 Å². The third kappa shape index (κ3) is 5.12. The quantitative estimate of drug-likeness (QED) is 0.190. The summed E-state index contributed by atoms with van der Waals surface area (Å²) in [7, 11) is 0. The number of para-hydroxylation sites is 3. The average molecular weight is 769 g/mol. The first-order chi connectivity index (χ1) is 29.6. The molecule has 3 aromatic heterocycles. The Morgan fingerprint density at radius 3 is 1.97 bits per heavy atom. The van der Waals surface area contributed by atoms with Gasteiger partial charge in [0.25, 0.3) is 0 Å². The number of aryl methyl sites for hydroxylation is 1. The molecule has 5 nitrogen and oxygen atoms in total. The molecule has 0 atom stereocenters. The fourth-order valence-corrected chi connectivity index (χ4v) is 9.42. The summed E-state index contributed by atoms with van der Waals surface area (Å²) < 4.78 is 4.65. The Kier molecular flexibility index (Phi) is 7.53. The van der Waals surface area contributed by atoms with Gasteiger partial charge in [-0.2, -0.15) is 0 Å². The third-order valence-electron chi connectivity index (χ3n) is 12.2. The monoisotopic (exact) mass is 768 g/mol. The van der Waals surface area contributed by atoms with Crippen molar-refractivity contribution in [1.29, 1.82) is 0 Å². The maximum absolute atomic E-state index is 11.4. The predicted octanol–water partition coefficient (Wildman–Crippen LogP) is 14.0. The van der Waals surface area contributed by atoms with Crippen LogP contribution in [-0.4, -0.2) is 24.2 Å². The van der Waals surface area contributed by atoms with Crippen LogP contribution < -0.4 is 0 Å². The highest BCUT2D eigenvalue weighted by molar-refractivity contribution is 6.28. The molecule has 0 aliphatic heterocycles. The summed E-state index contributed by atoms with van der Waals surface area (Å²) in [5.74, 6) is 0.823. The number of hydrogen-bond donors (Lipinski definition) is 1. The van der Waals surface area contributed by atoms with Gasteiger partial charge in [0.2, 0.25) is 5.95 Å². The van der Waals surface area contributed by atoms with Crippen LogP contribution in [0.5, 0.6) is 5.75 Å². The van der Waals surface area contributed by atoms with Gasteiger partial charge in [-0.25, -0.2) is 9.97 Å². The van der Waals surface area contributed by atoms with E-state index in [1.807, 2.05) is 30.3 Å². The molecule has 282 valence electrons. The molecule has 0 aliphatic rings. The lowest BCUT2D eigenvalue weighted by molar-refractivity contribution is 0.477. The summed E-state index contributed by atoms with van der Waals surface area (Å²) >= 11 is 0. The van der Waals surface area contributed by atoms with Gasteiger partial charge in [0.1, 0.15) is 5.75 Å². The Bertz CT molecular complexity index is 3670. The minimum absolute atomic E-state index is 0.242. The second kappa shape index (κ2) is 13.3. The third-order valence-corrected chi connectivity index (χ3v) is 12.2. The number of benzene rings is 9. The van der Waals surface area contributed by atoms with Crippen molar-refractivity contribution >= 4 is 65.3 Å². The van der Waals surface area contributed by atoms with Crippen LogP contribution in [0.25, 0.3) is 110 Å². The van der Waals surface area contributed by atoms with E-state index in [2.05, 4.69) is 174 Å². The Hall–Kier alpha value is -8.02. The van der Waals surface area contributed by atoms with E-state index in [-0.39, 0.29) is 5.75 Å². The van der Waals surface area contributed by atoms with Crippen molar-refractivity contribution in [2.75, 3.05) is 0 Å². The molecule has 0 saturated carbocycles. The molecule has 0 saturated heterocycles. The molecule has 0 aliphatic carbocycles. The largest absolute Gasteiger partial charge is 0.507 e. The second-order valence-corrected chi connectivity index (χ2v) is 15.6. The lowest BCUT2D eigenvalue weighted by atomic mass is 9.94. The van der Waals surface area contributed by atoms with Crippen molar-refractivity contribution in [3.05, 3.63) is 200 Å². The van der Waals surface area contributed by atoms with E-state index in [0.717, 1.165) is 93.7 Å². The highest BCUT2D eigenvalue weighted by Gasteiger charge is 2.26. The standard InChI is InChI=1S/C55H36N4O/c1-34-23-31-47-51(50(34)43-19-9-12-22-49(43)60)44-30-32-48-52(42-18-8-11-21-46(42)58(48)40-29-28-36-15-5-6-16-39(36)33-40)54(44)59(47)55-56-45-20-10-7-17-41(45)53(57-55)38-26-24-37(25-27-38)35-13-3-2-4-14-35/h2-33,60H,1H3. The Balaban J connectivity index is 1.22. The highest BCUT2D eigenvalue weighted by atomic mass is 16.3. The maximum atomic E-state index is 11.4. The molecule has 1 N–H and O–H groups in total. The van der Waals surface area contributed by atoms with Crippen molar-refractivity contribution in [3.63, 3.8) is 0 Å². The topological polar surface area (TPSA) is 55.9 Å². The molecule has 0 unspecified atom stereocenters. The smallest absolute Gasteiger partial charge is 0.235 e. The van der Waals surface area contributed by atoms with E-state index in [4.69, 9.17) is 9.97 Å². The number of aromatic hydroxyl groups is 1. The molecule has 0 radical (unpaired) electrons. The zero-order chi connectivity index (χ0) is 39.9. The van der Waals surface area contributed by atoms with Gasteiger partial charge in [-0.1, -0.05) is 152 Å². The molecule has 60 heavy (non-hydrogen) atoms. The summed E-state index contributed by atoms with van der Waals surface area (Å²) in [5, 5.41) is 19.1. The number of hydrogen-bond acceptors (Lipinski definition) is 3.